The van der Waals surface area contributed by atoms with Gasteiger partial charge in [0.1, 0.15) is 0 Å². The van der Waals surface area contributed by atoms with Crippen LogP contribution in [0.15, 0.2) is 0 Å². The number of aromatic nitrogens is 2. The summed E-state index contributed by atoms with van der Waals surface area (Å²) < 4.78 is 0. The number of carbonyl (C=O) groups excluding carboxylic acids is 2. The van der Waals surface area contributed by atoms with Crippen molar-refractivity contribution in [2.24, 2.45) is 5.73 Å². The molecule has 0 aliphatic heterocycles. The van der Waals surface area contributed by atoms with E-state index in [0.717, 1.165) is 17.9 Å². The third kappa shape index (κ3) is 3.81. The van der Waals surface area contributed by atoms with Gasteiger partial charge in [0.15, 0.2) is 0 Å². The minimum Gasteiger partial charge on any atom is -0.370 e. The zero-order chi connectivity index (χ0) is 12.0. The van der Waals surface area contributed by atoms with Crippen LogP contribution in [0.1, 0.15) is 23.1 Å². The van der Waals surface area contributed by atoms with E-state index < -0.39 is 5.91 Å². The summed E-state index contributed by atoms with van der Waals surface area (Å²) in [5.74, 6) is -0.797. The summed E-state index contributed by atoms with van der Waals surface area (Å²) in [5.41, 5.74) is 4.94. The summed E-state index contributed by atoms with van der Waals surface area (Å²) in [5, 5.41) is 13.8. The van der Waals surface area contributed by atoms with Gasteiger partial charge in [-0.15, -0.1) is 10.2 Å². The van der Waals surface area contributed by atoms with Gasteiger partial charge in [0.25, 0.3) is 5.91 Å². The van der Waals surface area contributed by atoms with Crippen LogP contribution in [0, 0.1) is 0 Å². The third-order valence-electron chi connectivity index (χ3n) is 1.60. The number of rotatable bonds is 6. The lowest BCUT2D eigenvalue weighted by Crippen LogP contribution is -2.27. The summed E-state index contributed by atoms with van der Waals surface area (Å²) in [6, 6.07) is 0. The van der Waals surface area contributed by atoms with Crippen LogP contribution in [0.4, 0.5) is 5.13 Å². The van der Waals surface area contributed by atoms with E-state index in [1.807, 2.05) is 6.92 Å². The molecule has 88 valence electrons. The molecule has 0 radical (unpaired) electrons. The van der Waals surface area contributed by atoms with Gasteiger partial charge in [-0.3, -0.25) is 9.59 Å². The van der Waals surface area contributed by atoms with E-state index in [9.17, 15) is 9.59 Å². The molecule has 8 heteroatoms. The average Bonchev–Trinajstić information content (AvgIpc) is 2.66. The van der Waals surface area contributed by atoms with Crippen molar-refractivity contribution < 1.29 is 9.59 Å². The largest absolute Gasteiger partial charge is 0.370 e. The first-order valence-corrected chi connectivity index (χ1v) is 5.59. The molecule has 7 nitrogen and oxygen atoms in total. The Morgan fingerprint density at radius 3 is 2.81 bits per heavy atom. The van der Waals surface area contributed by atoms with Gasteiger partial charge in [-0.05, 0) is 6.92 Å². The van der Waals surface area contributed by atoms with Gasteiger partial charge in [0, 0.05) is 19.5 Å². The van der Waals surface area contributed by atoms with Crippen LogP contribution in [0.25, 0.3) is 0 Å². The van der Waals surface area contributed by atoms with Gasteiger partial charge in [-0.1, -0.05) is 11.3 Å². The predicted octanol–water partition coefficient (Wildman–Crippen LogP) is -0.425. The smallest absolute Gasteiger partial charge is 0.282 e. The maximum Gasteiger partial charge on any atom is 0.282 e. The van der Waals surface area contributed by atoms with Gasteiger partial charge >= 0.3 is 0 Å². The number of amides is 2. The third-order valence-corrected chi connectivity index (χ3v) is 2.48. The second-order valence-corrected chi connectivity index (χ2v) is 3.89. The molecule has 0 saturated carbocycles. The number of nitrogens with zero attached hydrogens (tertiary/aromatic N) is 2. The Labute approximate surface area is 96.4 Å². The Morgan fingerprint density at radius 1 is 1.44 bits per heavy atom. The quantitative estimate of drug-likeness (QED) is 0.628. The molecule has 2 amide bonds. The Morgan fingerprint density at radius 2 is 2.19 bits per heavy atom. The monoisotopic (exact) mass is 243 g/mol. The zero-order valence-electron chi connectivity index (χ0n) is 8.82. The van der Waals surface area contributed by atoms with Crippen molar-refractivity contribution in [1.82, 2.24) is 15.5 Å². The highest BCUT2D eigenvalue weighted by molar-refractivity contribution is 7.17. The number of nitrogens with one attached hydrogen (secondary N) is 2. The van der Waals surface area contributed by atoms with Gasteiger partial charge in [0.05, 0.1) is 0 Å². The molecule has 1 rings (SSSR count). The second kappa shape index (κ2) is 6.01. The fraction of sp³-hybridized carbons (Fsp3) is 0.500. The van der Waals surface area contributed by atoms with Gasteiger partial charge < -0.3 is 16.4 Å². The molecule has 1 aromatic rings. The molecule has 0 fully saturated rings. The molecule has 4 N–H and O–H groups in total. The van der Waals surface area contributed by atoms with Crippen molar-refractivity contribution in [3.8, 4) is 0 Å². The standard InChI is InChI=1S/C8H13N5O2S/c1-2-10-8-13-12-7(16-8)6(15)11-4-3-5(9)14/h2-4H2,1H3,(H2,9,14)(H,10,13)(H,11,15). The first-order chi connectivity index (χ1) is 7.63. The van der Waals surface area contributed by atoms with Crippen molar-refractivity contribution in [1.29, 1.82) is 0 Å². The Bertz CT molecular complexity index is 378. The number of anilines is 1. The molecule has 1 aromatic heterocycles. The lowest BCUT2D eigenvalue weighted by molar-refractivity contribution is -0.117. The Hall–Kier alpha value is -1.70. The summed E-state index contributed by atoms with van der Waals surface area (Å²) in [7, 11) is 0. The maximum absolute atomic E-state index is 11.5. The molecular formula is C8H13N5O2S. The first kappa shape index (κ1) is 12.4. The molecule has 0 saturated heterocycles. The average molecular weight is 243 g/mol. The number of nitrogens with two attached hydrogens (primary N) is 1. The minimum absolute atomic E-state index is 0.116. The zero-order valence-corrected chi connectivity index (χ0v) is 9.63. The van der Waals surface area contributed by atoms with Crippen LogP contribution in [0.5, 0.6) is 0 Å². The van der Waals surface area contributed by atoms with E-state index in [2.05, 4.69) is 20.8 Å². The summed E-state index contributed by atoms with van der Waals surface area (Å²) in [6.07, 6.45) is 0.116. The lowest BCUT2D eigenvalue weighted by atomic mass is 10.4. The Balaban J connectivity index is 2.43. The van der Waals surface area contributed by atoms with E-state index in [4.69, 9.17) is 5.73 Å². The first-order valence-electron chi connectivity index (χ1n) is 4.77. The van der Waals surface area contributed by atoms with Crippen molar-refractivity contribution in [3.63, 3.8) is 0 Å². The van der Waals surface area contributed by atoms with E-state index in [-0.39, 0.29) is 23.9 Å². The predicted molar refractivity (Wildman–Crippen MR) is 60.2 cm³/mol. The van der Waals surface area contributed by atoms with Crippen molar-refractivity contribution in [2.75, 3.05) is 18.4 Å². The fourth-order valence-corrected chi connectivity index (χ4v) is 1.64. The molecular weight excluding hydrogens is 230 g/mol. The molecule has 0 spiro atoms. The highest BCUT2D eigenvalue weighted by atomic mass is 32.1. The number of primary amides is 1. The summed E-state index contributed by atoms with van der Waals surface area (Å²) in [6.45, 7) is 2.86. The highest BCUT2D eigenvalue weighted by Crippen LogP contribution is 2.14. The molecule has 0 unspecified atom stereocenters. The van der Waals surface area contributed by atoms with Crippen LogP contribution >= 0.6 is 11.3 Å². The fourth-order valence-electron chi connectivity index (χ4n) is 0.912. The van der Waals surface area contributed by atoms with Crippen LogP contribution in [0.3, 0.4) is 0 Å². The van der Waals surface area contributed by atoms with E-state index in [1.165, 1.54) is 0 Å². The molecule has 0 aromatic carbocycles. The minimum atomic E-state index is -0.453. The SMILES string of the molecule is CCNc1nnc(C(=O)NCCC(N)=O)s1. The summed E-state index contributed by atoms with van der Waals surface area (Å²) >= 11 is 1.16. The van der Waals surface area contributed by atoms with E-state index in [1.54, 1.807) is 0 Å². The van der Waals surface area contributed by atoms with Gasteiger partial charge in [-0.25, -0.2) is 0 Å². The van der Waals surface area contributed by atoms with Crippen molar-refractivity contribution in [2.45, 2.75) is 13.3 Å². The van der Waals surface area contributed by atoms with Crippen LogP contribution in [-0.2, 0) is 4.79 Å². The van der Waals surface area contributed by atoms with Gasteiger partial charge in [-0.2, -0.15) is 0 Å². The van der Waals surface area contributed by atoms with E-state index >= 15 is 0 Å². The van der Waals surface area contributed by atoms with Crippen LogP contribution in [0.2, 0.25) is 0 Å². The molecule has 0 bridgehead atoms. The molecule has 0 atom stereocenters. The van der Waals surface area contributed by atoms with Gasteiger partial charge in [0.2, 0.25) is 16.0 Å². The van der Waals surface area contributed by atoms with Crippen LogP contribution in [-0.4, -0.2) is 35.1 Å². The highest BCUT2D eigenvalue weighted by Gasteiger charge is 2.11. The normalized spacial score (nSPS) is 9.81. The number of hydrogen-bond donors (Lipinski definition) is 3. The molecule has 1 heterocycles. The summed E-state index contributed by atoms with van der Waals surface area (Å²) in [4.78, 5) is 21.9. The Kier molecular flexibility index (Phi) is 4.65. The molecule has 0 aliphatic carbocycles. The van der Waals surface area contributed by atoms with Crippen LogP contribution < -0.4 is 16.4 Å². The van der Waals surface area contributed by atoms with Crippen molar-refractivity contribution >= 4 is 28.3 Å². The molecule has 0 aliphatic rings. The number of carbonyl (C=O) groups is 2. The van der Waals surface area contributed by atoms with E-state index in [0.29, 0.717) is 5.13 Å². The second-order valence-electron chi connectivity index (χ2n) is 2.91. The van der Waals surface area contributed by atoms with Crippen molar-refractivity contribution in [3.05, 3.63) is 5.01 Å². The lowest BCUT2D eigenvalue weighted by Gasteiger charge is -1.98. The maximum atomic E-state index is 11.5. The number of hydrogen-bond acceptors (Lipinski definition) is 6. The topological polar surface area (TPSA) is 110 Å². The molecule has 16 heavy (non-hydrogen) atoms.